The molecule has 2 heterocycles. The third-order valence-corrected chi connectivity index (χ3v) is 5.56. The molecule has 24 heavy (non-hydrogen) atoms. The minimum Gasteiger partial charge on any atom is -0.497 e. The first-order valence-corrected chi connectivity index (χ1v) is 9.25. The Morgan fingerprint density at radius 2 is 1.75 bits per heavy atom. The zero-order valence-electron chi connectivity index (χ0n) is 13.4. The fourth-order valence-electron chi connectivity index (χ4n) is 2.69. The average Bonchev–Trinajstić information content (AvgIpc) is 2.63. The molecule has 1 aliphatic rings. The second-order valence-corrected chi connectivity index (χ2v) is 7.32. The Balaban J connectivity index is 1.60. The van der Waals surface area contributed by atoms with E-state index in [-0.39, 0.29) is 10.9 Å². The monoisotopic (exact) mass is 348 g/mol. The number of benzene rings is 1. The second-order valence-electron chi connectivity index (χ2n) is 5.61. The first-order valence-electron chi connectivity index (χ1n) is 7.77. The second kappa shape index (κ2) is 7.14. The lowest BCUT2D eigenvalue weighted by Gasteiger charge is -2.32. The quantitative estimate of drug-likeness (QED) is 0.880. The zero-order valence-corrected chi connectivity index (χ0v) is 14.2. The summed E-state index contributed by atoms with van der Waals surface area (Å²) in [6, 6.07) is 8.08. The lowest BCUT2D eigenvalue weighted by molar-refractivity contribution is 0.414. The van der Waals surface area contributed by atoms with Crippen LogP contribution >= 0.6 is 0 Å². The summed E-state index contributed by atoms with van der Waals surface area (Å²) in [7, 11) is -1.97. The van der Waals surface area contributed by atoms with Gasteiger partial charge in [-0.1, -0.05) is 0 Å². The average molecular weight is 348 g/mol. The Morgan fingerprint density at radius 3 is 2.33 bits per heavy atom. The standard InChI is InChI=1S/C16H20N4O3S/c1-23-14-3-5-15(6-4-14)24(21,22)19-13-7-11-20(12-8-13)16-17-9-2-10-18-16/h2-6,9-10,13,19H,7-8,11-12H2,1H3. The van der Waals surface area contributed by atoms with E-state index in [2.05, 4.69) is 19.6 Å². The van der Waals surface area contributed by atoms with Gasteiger partial charge in [-0.05, 0) is 43.2 Å². The Hall–Kier alpha value is -2.19. The molecule has 128 valence electrons. The van der Waals surface area contributed by atoms with E-state index in [4.69, 9.17) is 4.74 Å². The minimum absolute atomic E-state index is 0.0861. The summed E-state index contributed by atoms with van der Waals surface area (Å²) in [5.74, 6) is 1.32. The number of rotatable bonds is 5. The highest BCUT2D eigenvalue weighted by Crippen LogP contribution is 2.19. The third kappa shape index (κ3) is 3.82. The Bertz CT molecular complexity index is 758. The molecular weight excluding hydrogens is 328 g/mol. The number of hydrogen-bond donors (Lipinski definition) is 1. The molecule has 0 spiro atoms. The van der Waals surface area contributed by atoms with E-state index in [0.717, 1.165) is 13.1 Å². The lowest BCUT2D eigenvalue weighted by Crippen LogP contribution is -2.45. The number of ether oxygens (including phenoxy) is 1. The van der Waals surface area contributed by atoms with E-state index in [1.54, 1.807) is 49.8 Å². The first kappa shape index (κ1) is 16.7. The fourth-order valence-corrected chi connectivity index (χ4v) is 4.00. The maximum Gasteiger partial charge on any atom is 0.240 e. The summed E-state index contributed by atoms with van der Waals surface area (Å²) < 4.78 is 32.8. The normalized spacial score (nSPS) is 16.1. The van der Waals surface area contributed by atoms with Crippen molar-refractivity contribution in [2.45, 2.75) is 23.8 Å². The summed E-state index contributed by atoms with van der Waals surface area (Å²) in [6.07, 6.45) is 4.85. The van der Waals surface area contributed by atoms with E-state index in [1.165, 1.54) is 0 Å². The van der Waals surface area contributed by atoms with Crippen molar-refractivity contribution in [1.29, 1.82) is 0 Å². The van der Waals surface area contributed by atoms with Gasteiger partial charge in [0.1, 0.15) is 5.75 Å². The van der Waals surface area contributed by atoms with Crippen LogP contribution in [0.3, 0.4) is 0 Å². The summed E-state index contributed by atoms with van der Waals surface area (Å²) in [5, 5.41) is 0. The molecule has 0 aliphatic carbocycles. The number of piperidine rings is 1. The molecule has 1 N–H and O–H groups in total. The maximum atomic E-state index is 12.5. The molecule has 0 amide bonds. The predicted octanol–water partition coefficient (Wildman–Crippen LogP) is 1.43. The van der Waals surface area contributed by atoms with E-state index in [9.17, 15) is 8.42 Å². The van der Waals surface area contributed by atoms with Crippen LogP contribution in [0.4, 0.5) is 5.95 Å². The van der Waals surface area contributed by atoms with E-state index < -0.39 is 10.0 Å². The largest absolute Gasteiger partial charge is 0.497 e. The molecule has 1 saturated heterocycles. The topological polar surface area (TPSA) is 84.4 Å². The van der Waals surface area contributed by atoms with Crippen LogP contribution in [-0.4, -0.2) is 44.6 Å². The van der Waals surface area contributed by atoms with Gasteiger partial charge in [0, 0.05) is 31.5 Å². The highest BCUT2D eigenvalue weighted by molar-refractivity contribution is 7.89. The summed E-state index contributed by atoms with van der Waals surface area (Å²) in [4.78, 5) is 10.8. The fraction of sp³-hybridized carbons (Fsp3) is 0.375. The smallest absolute Gasteiger partial charge is 0.240 e. The van der Waals surface area contributed by atoms with Crippen molar-refractivity contribution in [3.63, 3.8) is 0 Å². The van der Waals surface area contributed by atoms with E-state index in [0.29, 0.717) is 24.5 Å². The van der Waals surface area contributed by atoms with Gasteiger partial charge in [-0.3, -0.25) is 0 Å². The number of hydrogen-bond acceptors (Lipinski definition) is 6. The van der Waals surface area contributed by atoms with Gasteiger partial charge in [-0.2, -0.15) is 0 Å². The van der Waals surface area contributed by atoms with Crippen LogP contribution in [0.15, 0.2) is 47.6 Å². The van der Waals surface area contributed by atoms with Gasteiger partial charge in [0.05, 0.1) is 12.0 Å². The number of sulfonamides is 1. The van der Waals surface area contributed by atoms with E-state index in [1.807, 2.05) is 0 Å². The van der Waals surface area contributed by atoms with Gasteiger partial charge >= 0.3 is 0 Å². The number of nitrogens with zero attached hydrogens (tertiary/aromatic N) is 3. The Morgan fingerprint density at radius 1 is 1.12 bits per heavy atom. The van der Waals surface area contributed by atoms with Gasteiger partial charge in [0.2, 0.25) is 16.0 Å². The van der Waals surface area contributed by atoms with Crippen LogP contribution in [0.25, 0.3) is 0 Å². The van der Waals surface area contributed by atoms with Crippen LogP contribution in [0, 0.1) is 0 Å². The van der Waals surface area contributed by atoms with Crippen LogP contribution < -0.4 is 14.4 Å². The number of anilines is 1. The highest BCUT2D eigenvalue weighted by atomic mass is 32.2. The zero-order chi connectivity index (χ0) is 17.0. The molecule has 0 bridgehead atoms. The predicted molar refractivity (Wildman–Crippen MR) is 90.6 cm³/mol. The molecule has 0 saturated carbocycles. The van der Waals surface area contributed by atoms with Gasteiger partial charge < -0.3 is 9.64 Å². The van der Waals surface area contributed by atoms with Crippen molar-refractivity contribution in [3.8, 4) is 5.75 Å². The molecule has 1 aliphatic heterocycles. The molecule has 3 rings (SSSR count). The number of methoxy groups -OCH3 is 1. The van der Waals surface area contributed by atoms with Crippen molar-refractivity contribution in [2.75, 3.05) is 25.1 Å². The van der Waals surface area contributed by atoms with Gasteiger partial charge in [0.15, 0.2) is 0 Å². The first-order chi connectivity index (χ1) is 11.6. The van der Waals surface area contributed by atoms with Crippen molar-refractivity contribution in [2.24, 2.45) is 0 Å². The van der Waals surface area contributed by atoms with Crippen LogP contribution in [-0.2, 0) is 10.0 Å². The summed E-state index contributed by atoms with van der Waals surface area (Å²) >= 11 is 0. The molecule has 1 aromatic carbocycles. The SMILES string of the molecule is COc1ccc(S(=O)(=O)NC2CCN(c3ncccn3)CC2)cc1. The van der Waals surface area contributed by atoms with Crippen molar-refractivity contribution in [3.05, 3.63) is 42.7 Å². The molecule has 8 heteroatoms. The van der Waals surface area contributed by atoms with Crippen molar-refractivity contribution < 1.29 is 13.2 Å². The van der Waals surface area contributed by atoms with Crippen LogP contribution in [0.5, 0.6) is 5.75 Å². The maximum absolute atomic E-state index is 12.5. The molecule has 1 aromatic heterocycles. The molecular formula is C16H20N4O3S. The molecule has 0 radical (unpaired) electrons. The van der Waals surface area contributed by atoms with Crippen molar-refractivity contribution >= 4 is 16.0 Å². The van der Waals surface area contributed by atoms with Gasteiger partial charge in [-0.25, -0.2) is 23.1 Å². The van der Waals surface area contributed by atoms with Crippen LogP contribution in [0.1, 0.15) is 12.8 Å². The van der Waals surface area contributed by atoms with Crippen molar-refractivity contribution in [1.82, 2.24) is 14.7 Å². The highest BCUT2D eigenvalue weighted by Gasteiger charge is 2.25. The molecule has 7 nitrogen and oxygen atoms in total. The van der Waals surface area contributed by atoms with E-state index >= 15 is 0 Å². The molecule has 2 aromatic rings. The summed E-state index contributed by atoms with van der Waals surface area (Å²) in [6.45, 7) is 1.44. The summed E-state index contributed by atoms with van der Waals surface area (Å²) in [5.41, 5.74) is 0. The van der Waals surface area contributed by atoms with Crippen LogP contribution in [0.2, 0.25) is 0 Å². The lowest BCUT2D eigenvalue weighted by atomic mass is 10.1. The molecule has 0 atom stereocenters. The van der Waals surface area contributed by atoms with Gasteiger partial charge in [0.25, 0.3) is 0 Å². The number of nitrogens with one attached hydrogen (secondary N) is 1. The molecule has 1 fully saturated rings. The Labute approximate surface area is 141 Å². The molecule has 0 unspecified atom stereocenters. The Kier molecular flexibility index (Phi) is 4.96. The third-order valence-electron chi connectivity index (χ3n) is 4.02. The minimum atomic E-state index is -3.52. The number of aromatic nitrogens is 2. The van der Waals surface area contributed by atoms with Gasteiger partial charge in [-0.15, -0.1) is 0 Å².